The van der Waals surface area contributed by atoms with Gasteiger partial charge in [0.05, 0.1) is 11.2 Å². The molecule has 0 unspecified atom stereocenters. The number of aromatic nitrogens is 3. The zero-order chi connectivity index (χ0) is 27.1. The number of fused-ring (bicyclic) bond motifs is 3. The summed E-state index contributed by atoms with van der Waals surface area (Å²) in [5.74, 6) is 1.86. The standard InChI is InChI=1S/C34H30N3O2.Pt/c1-21(2)24-19-28(22(3)4)33(38)31(20-24)37-30-13-6-5-12-26(30)27-15-16-29(36-34(27)37)23-10-9-11-25(18-23)39-32-14-7-8-17-35-32;/h5-17,19-22,38H,1-4H3;/q-1;. The summed E-state index contributed by atoms with van der Waals surface area (Å²) >= 11 is 0. The fourth-order valence-electron chi connectivity index (χ4n) is 5.02. The Balaban J connectivity index is 0.00000323. The van der Waals surface area contributed by atoms with E-state index in [-0.39, 0.29) is 27.0 Å². The number of pyridine rings is 2. The van der Waals surface area contributed by atoms with Crippen LogP contribution in [0.1, 0.15) is 50.7 Å². The van der Waals surface area contributed by atoms with E-state index in [9.17, 15) is 5.11 Å². The SMILES string of the molecule is CC(C)c1cc(C(C)C)c(O)c(-n2c3ccccc3c3ccc(-c4[c-]c(Oc5ccccn5)ccc4)nc32)c1.[Pt]. The summed E-state index contributed by atoms with van der Waals surface area (Å²) in [5, 5.41) is 13.7. The van der Waals surface area contributed by atoms with Gasteiger partial charge in [0.25, 0.3) is 0 Å². The molecule has 0 atom stereocenters. The zero-order valence-electron chi connectivity index (χ0n) is 22.8. The van der Waals surface area contributed by atoms with E-state index in [4.69, 9.17) is 9.72 Å². The molecule has 1 N–H and O–H groups in total. The molecule has 0 radical (unpaired) electrons. The summed E-state index contributed by atoms with van der Waals surface area (Å²) in [4.78, 5) is 9.40. The third kappa shape index (κ3) is 5.02. The van der Waals surface area contributed by atoms with Crippen molar-refractivity contribution in [1.29, 1.82) is 0 Å². The Morgan fingerprint density at radius 2 is 1.62 bits per heavy atom. The molecular formula is C34H30N3O2Pt-. The Bertz CT molecular complexity index is 1810. The summed E-state index contributed by atoms with van der Waals surface area (Å²) in [6, 6.07) is 31.2. The smallest absolute Gasteiger partial charge is 0.217 e. The molecule has 0 saturated heterocycles. The molecular weight excluding hydrogens is 677 g/mol. The number of rotatable bonds is 6. The minimum Gasteiger partial charge on any atom is -0.505 e. The van der Waals surface area contributed by atoms with Crippen molar-refractivity contribution in [2.45, 2.75) is 39.5 Å². The van der Waals surface area contributed by atoms with Gasteiger partial charge in [-0.3, -0.25) is 9.55 Å². The van der Waals surface area contributed by atoms with Gasteiger partial charge in [-0.1, -0.05) is 76.2 Å². The van der Waals surface area contributed by atoms with Crippen molar-refractivity contribution in [3.05, 3.63) is 108 Å². The molecule has 5 nitrogen and oxygen atoms in total. The van der Waals surface area contributed by atoms with Crippen molar-refractivity contribution in [2.24, 2.45) is 0 Å². The molecule has 40 heavy (non-hydrogen) atoms. The Morgan fingerprint density at radius 1 is 0.825 bits per heavy atom. The molecule has 3 aromatic heterocycles. The van der Waals surface area contributed by atoms with Crippen molar-refractivity contribution >= 4 is 21.9 Å². The van der Waals surface area contributed by atoms with Gasteiger partial charge < -0.3 is 9.84 Å². The zero-order valence-corrected chi connectivity index (χ0v) is 25.1. The average Bonchev–Trinajstić information content (AvgIpc) is 3.27. The molecule has 204 valence electrons. The predicted octanol–water partition coefficient (Wildman–Crippen LogP) is 8.78. The van der Waals surface area contributed by atoms with Crippen LogP contribution in [0.4, 0.5) is 0 Å². The Hall–Kier alpha value is -3.95. The number of nitrogens with zero attached hydrogens (tertiary/aromatic N) is 3. The normalized spacial score (nSPS) is 11.3. The molecule has 0 aliphatic carbocycles. The number of phenols is 1. The quantitative estimate of drug-likeness (QED) is 0.176. The summed E-state index contributed by atoms with van der Waals surface area (Å²) in [7, 11) is 0. The van der Waals surface area contributed by atoms with Crippen LogP contribution in [0.2, 0.25) is 0 Å². The van der Waals surface area contributed by atoms with E-state index in [1.165, 1.54) is 5.56 Å². The number of benzene rings is 3. The number of hydrogen-bond acceptors (Lipinski definition) is 4. The van der Waals surface area contributed by atoms with Crippen molar-refractivity contribution in [3.63, 3.8) is 0 Å². The molecule has 0 bridgehead atoms. The molecule has 6 heteroatoms. The van der Waals surface area contributed by atoms with Gasteiger partial charge in [0.15, 0.2) is 0 Å². The maximum atomic E-state index is 11.5. The third-order valence-corrected chi connectivity index (χ3v) is 7.09. The maximum Gasteiger partial charge on any atom is 0.217 e. The first-order valence-corrected chi connectivity index (χ1v) is 13.3. The Kier molecular flexibility index (Phi) is 7.78. The van der Waals surface area contributed by atoms with Gasteiger partial charge in [0.1, 0.15) is 11.4 Å². The third-order valence-electron chi connectivity index (χ3n) is 7.09. The second kappa shape index (κ2) is 11.3. The summed E-state index contributed by atoms with van der Waals surface area (Å²) in [5.41, 5.74) is 6.22. The number of hydrogen-bond donors (Lipinski definition) is 1. The van der Waals surface area contributed by atoms with Crippen LogP contribution in [0.25, 0.3) is 38.9 Å². The van der Waals surface area contributed by atoms with Crippen LogP contribution in [0.5, 0.6) is 17.4 Å². The fraction of sp³-hybridized carbons (Fsp3) is 0.176. The van der Waals surface area contributed by atoms with Crippen molar-refractivity contribution in [2.75, 3.05) is 0 Å². The molecule has 0 amide bonds. The second-order valence-electron chi connectivity index (χ2n) is 10.4. The average molecular weight is 708 g/mol. The van der Waals surface area contributed by atoms with Crippen LogP contribution < -0.4 is 4.74 Å². The number of ether oxygens (including phenoxy) is 1. The van der Waals surface area contributed by atoms with Crippen LogP contribution in [0.3, 0.4) is 0 Å². The number of phenolic OH excluding ortho intramolecular Hbond substituents is 1. The number of aromatic hydroxyl groups is 1. The van der Waals surface area contributed by atoms with Gasteiger partial charge in [0.2, 0.25) is 5.88 Å². The molecule has 3 heterocycles. The second-order valence-corrected chi connectivity index (χ2v) is 10.4. The molecule has 0 fully saturated rings. The molecule has 3 aromatic carbocycles. The first-order chi connectivity index (χ1) is 18.9. The van der Waals surface area contributed by atoms with E-state index in [0.717, 1.165) is 44.4 Å². The molecule has 6 aromatic rings. The first kappa shape index (κ1) is 27.6. The van der Waals surface area contributed by atoms with Crippen LogP contribution in [0.15, 0.2) is 91.1 Å². The van der Waals surface area contributed by atoms with Crippen LogP contribution >= 0.6 is 0 Å². The van der Waals surface area contributed by atoms with Gasteiger partial charge in [-0.25, -0.2) is 4.98 Å². The van der Waals surface area contributed by atoms with E-state index in [1.807, 2.05) is 54.6 Å². The summed E-state index contributed by atoms with van der Waals surface area (Å²) in [6.07, 6.45) is 1.70. The molecule has 6 rings (SSSR count). The minimum atomic E-state index is 0. The molecule has 0 aliphatic heterocycles. The van der Waals surface area contributed by atoms with Gasteiger partial charge in [-0.05, 0) is 46.9 Å². The van der Waals surface area contributed by atoms with Crippen LogP contribution in [-0.4, -0.2) is 19.6 Å². The van der Waals surface area contributed by atoms with Gasteiger partial charge in [-0.15, -0.1) is 23.8 Å². The van der Waals surface area contributed by atoms with Crippen molar-refractivity contribution in [1.82, 2.24) is 14.5 Å². The predicted molar refractivity (Wildman–Crippen MR) is 157 cm³/mol. The maximum absolute atomic E-state index is 11.5. The van der Waals surface area contributed by atoms with Crippen molar-refractivity contribution < 1.29 is 30.9 Å². The fourth-order valence-corrected chi connectivity index (χ4v) is 5.02. The minimum absolute atomic E-state index is 0. The van der Waals surface area contributed by atoms with Crippen molar-refractivity contribution in [3.8, 4) is 34.3 Å². The van der Waals surface area contributed by atoms with Gasteiger partial charge in [-0.2, -0.15) is 0 Å². The van der Waals surface area contributed by atoms with E-state index in [2.05, 4.69) is 73.6 Å². The topological polar surface area (TPSA) is 60.2 Å². The van der Waals surface area contributed by atoms with Crippen LogP contribution in [-0.2, 0) is 21.1 Å². The summed E-state index contributed by atoms with van der Waals surface area (Å²) in [6.45, 7) is 8.58. The van der Waals surface area contributed by atoms with E-state index in [0.29, 0.717) is 23.3 Å². The van der Waals surface area contributed by atoms with E-state index in [1.54, 1.807) is 6.20 Å². The first-order valence-electron chi connectivity index (χ1n) is 13.3. The van der Waals surface area contributed by atoms with Gasteiger partial charge >= 0.3 is 0 Å². The van der Waals surface area contributed by atoms with Gasteiger partial charge in [0, 0.05) is 49.9 Å². The molecule has 0 saturated carbocycles. The number of para-hydroxylation sites is 1. The van der Waals surface area contributed by atoms with Crippen LogP contribution in [0, 0.1) is 6.07 Å². The monoisotopic (exact) mass is 707 g/mol. The molecule has 0 spiro atoms. The summed E-state index contributed by atoms with van der Waals surface area (Å²) < 4.78 is 8.02. The largest absolute Gasteiger partial charge is 0.505 e. The van der Waals surface area contributed by atoms with E-state index >= 15 is 0 Å². The van der Waals surface area contributed by atoms with E-state index < -0.39 is 0 Å². The molecule has 0 aliphatic rings. The Labute approximate surface area is 248 Å². The Morgan fingerprint density at radius 3 is 2.38 bits per heavy atom.